The normalized spacial score (nSPS) is 11.0. The molecule has 4 rings (SSSR count). The SMILES string of the molecule is CCOC(=O)c1ccccc1NC(=O)Cn1nc2c3sccc3ncn2c1=O. The first-order valence-corrected chi connectivity index (χ1v) is 9.34. The molecule has 0 radical (unpaired) electrons. The number of rotatable bonds is 5. The van der Waals surface area contributed by atoms with E-state index in [4.69, 9.17) is 4.74 Å². The Hall–Kier alpha value is -3.53. The van der Waals surface area contributed by atoms with Gasteiger partial charge in [0.05, 0.1) is 28.1 Å². The molecule has 4 aromatic rings. The predicted octanol–water partition coefficient (Wildman–Crippen LogP) is 1.92. The summed E-state index contributed by atoms with van der Waals surface area (Å²) in [7, 11) is 0. The van der Waals surface area contributed by atoms with Crippen molar-refractivity contribution in [1.82, 2.24) is 19.2 Å². The van der Waals surface area contributed by atoms with Crippen LogP contribution in [0.1, 0.15) is 17.3 Å². The number of para-hydroxylation sites is 1. The van der Waals surface area contributed by atoms with Gasteiger partial charge in [-0.15, -0.1) is 16.4 Å². The van der Waals surface area contributed by atoms with Crippen LogP contribution in [0.5, 0.6) is 0 Å². The van der Waals surface area contributed by atoms with E-state index in [1.165, 1.54) is 22.1 Å². The van der Waals surface area contributed by atoms with E-state index in [0.29, 0.717) is 11.3 Å². The number of amides is 1. The number of benzene rings is 1. The van der Waals surface area contributed by atoms with Gasteiger partial charge in [-0.05, 0) is 30.5 Å². The van der Waals surface area contributed by atoms with Crippen LogP contribution >= 0.6 is 11.3 Å². The van der Waals surface area contributed by atoms with Gasteiger partial charge >= 0.3 is 11.7 Å². The molecule has 1 aromatic carbocycles. The van der Waals surface area contributed by atoms with E-state index >= 15 is 0 Å². The lowest BCUT2D eigenvalue weighted by molar-refractivity contribution is -0.117. The van der Waals surface area contributed by atoms with Crippen molar-refractivity contribution in [2.75, 3.05) is 11.9 Å². The zero-order valence-corrected chi connectivity index (χ0v) is 15.6. The predicted molar refractivity (Wildman–Crippen MR) is 104 cm³/mol. The van der Waals surface area contributed by atoms with Gasteiger partial charge in [0.2, 0.25) is 5.91 Å². The van der Waals surface area contributed by atoms with Crippen LogP contribution in [0.2, 0.25) is 0 Å². The van der Waals surface area contributed by atoms with Crippen molar-refractivity contribution >= 4 is 44.8 Å². The number of aromatic nitrogens is 4. The van der Waals surface area contributed by atoms with E-state index in [1.807, 2.05) is 11.4 Å². The Morgan fingerprint density at radius 2 is 2.07 bits per heavy atom. The molecule has 0 aliphatic heterocycles. The summed E-state index contributed by atoms with van der Waals surface area (Å²) in [6.45, 7) is 1.63. The molecule has 3 heterocycles. The number of fused-ring (bicyclic) bond motifs is 3. The van der Waals surface area contributed by atoms with E-state index in [1.54, 1.807) is 31.2 Å². The zero-order chi connectivity index (χ0) is 19.7. The first-order valence-electron chi connectivity index (χ1n) is 8.46. The molecule has 1 amide bonds. The average molecular weight is 397 g/mol. The summed E-state index contributed by atoms with van der Waals surface area (Å²) in [5, 5.41) is 8.77. The minimum Gasteiger partial charge on any atom is -0.462 e. The van der Waals surface area contributed by atoms with Crippen molar-refractivity contribution in [2.24, 2.45) is 0 Å². The largest absolute Gasteiger partial charge is 0.462 e. The fraction of sp³-hybridized carbons (Fsp3) is 0.167. The lowest BCUT2D eigenvalue weighted by Gasteiger charge is -2.10. The van der Waals surface area contributed by atoms with Crippen molar-refractivity contribution in [2.45, 2.75) is 13.5 Å². The molecule has 1 N–H and O–H groups in total. The fourth-order valence-electron chi connectivity index (χ4n) is 2.78. The van der Waals surface area contributed by atoms with Crippen molar-refractivity contribution in [3.63, 3.8) is 0 Å². The van der Waals surface area contributed by atoms with E-state index in [0.717, 1.165) is 14.9 Å². The van der Waals surface area contributed by atoms with Gasteiger partial charge in [-0.25, -0.2) is 23.7 Å². The molecule has 0 saturated heterocycles. The third kappa shape index (κ3) is 3.14. The van der Waals surface area contributed by atoms with Crippen molar-refractivity contribution in [1.29, 1.82) is 0 Å². The highest BCUT2D eigenvalue weighted by atomic mass is 32.1. The van der Waals surface area contributed by atoms with Crippen LogP contribution in [0.15, 0.2) is 46.8 Å². The average Bonchev–Trinajstić information content (AvgIpc) is 3.27. The van der Waals surface area contributed by atoms with E-state index in [2.05, 4.69) is 15.4 Å². The van der Waals surface area contributed by atoms with Gasteiger partial charge in [0.25, 0.3) is 0 Å². The Labute approximate surface area is 162 Å². The second-order valence-corrected chi connectivity index (χ2v) is 6.74. The van der Waals surface area contributed by atoms with Crippen LogP contribution in [0.25, 0.3) is 15.9 Å². The molecular formula is C18H15N5O4S. The lowest BCUT2D eigenvalue weighted by atomic mass is 10.2. The Morgan fingerprint density at radius 1 is 1.25 bits per heavy atom. The van der Waals surface area contributed by atoms with Crippen molar-refractivity contribution in [3.8, 4) is 0 Å². The Balaban J connectivity index is 1.61. The summed E-state index contributed by atoms with van der Waals surface area (Å²) < 4.78 is 8.14. The summed E-state index contributed by atoms with van der Waals surface area (Å²) >= 11 is 1.42. The second-order valence-electron chi connectivity index (χ2n) is 5.83. The number of ether oxygens (including phenoxy) is 1. The van der Waals surface area contributed by atoms with Crippen molar-refractivity contribution < 1.29 is 14.3 Å². The van der Waals surface area contributed by atoms with Gasteiger partial charge in [0.1, 0.15) is 12.9 Å². The molecule has 9 nitrogen and oxygen atoms in total. The number of esters is 1. The summed E-state index contributed by atoms with van der Waals surface area (Å²) in [6, 6.07) is 8.35. The zero-order valence-electron chi connectivity index (χ0n) is 14.8. The number of carbonyl (C=O) groups is 2. The van der Waals surface area contributed by atoms with E-state index < -0.39 is 17.6 Å². The van der Waals surface area contributed by atoms with Crippen LogP contribution in [0.4, 0.5) is 5.69 Å². The van der Waals surface area contributed by atoms with Gasteiger partial charge in [-0.3, -0.25) is 4.79 Å². The molecule has 3 aromatic heterocycles. The molecule has 0 spiro atoms. The lowest BCUT2D eigenvalue weighted by Crippen LogP contribution is -2.28. The maximum absolute atomic E-state index is 12.5. The minimum absolute atomic E-state index is 0.225. The van der Waals surface area contributed by atoms with Crippen LogP contribution in [0.3, 0.4) is 0 Å². The fourth-order valence-corrected chi connectivity index (χ4v) is 3.60. The number of hydrogen-bond acceptors (Lipinski definition) is 7. The van der Waals surface area contributed by atoms with Gasteiger partial charge in [-0.1, -0.05) is 12.1 Å². The number of anilines is 1. The number of nitrogens with one attached hydrogen (secondary N) is 1. The third-order valence-corrected chi connectivity index (χ3v) is 4.92. The molecule has 0 aliphatic carbocycles. The van der Waals surface area contributed by atoms with Crippen LogP contribution in [-0.2, 0) is 16.1 Å². The van der Waals surface area contributed by atoms with Gasteiger partial charge in [-0.2, -0.15) is 0 Å². The van der Waals surface area contributed by atoms with Crippen LogP contribution in [-0.4, -0.2) is 37.6 Å². The van der Waals surface area contributed by atoms with Crippen molar-refractivity contribution in [3.05, 3.63) is 58.1 Å². The molecule has 0 fully saturated rings. The van der Waals surface area contributed by atoms with E-state index in [-0.39, 0.29) is 18.7 Å². The maximum Gasteiger partial charge on any atom is 0.352 e. The standard InChI is InChI=1S/C18H15N5O4S/c1-2-27-17(25)11-5-3-4-6-12(11)20-14(24)9-23-18(26)22-10-19-13-7-8-28-15(13)16(22)21-23/h3-8,10H,2,9H2,1H3,(H,20,24). The first-order chi connectivity index (χ1) is 13.6. The third-order valence-electron chi connectivity index (χ3n) is 4.02. The monoisotopic (exact) mass is 397 g/mol. The maximum atomic E-state index is 12.5. The van der Waals surface area contributed by atoms with Crippen LogP contribution < -0.4 is 11.0 Å². The number of carbonyl (C=O) groups excluding carboxylic acids is 2. The number of hydrogen-bond donors (Lipinski definition) is 1. The van der Waals surface area contributed by atoms with Crippen LogP contribution in [0, 0.1) is 0 Å². The Bertz CT molecular complexity index is 1260. The smallest absolute Gasteiger partial charge is 0.352 e. The first kappa shape index (κ1) is 17.9. The molecular weight excluding hydrogens is 382 g/mol. The summed E-state index contributed by atoms with van der Waals surface area (Å²) in [5.41, 5.74) is 1.27. The summed E-state index contributed by atoms with van der Waals surface area (Å²) in [4.78, 5) is 41.2. The van der Waals surface area contributed by atoms with E-state index in [9.17, 15) is 14.4 Å². The van der Waals surface area contributed by atoms with Gasteiger partial charge in [0, 0.05) is 0 Å². The quantitative estimate of drug-likeness (QED) is 0.516. The topological polar surface area (TPSA) is 108 Å². The second kappa shape index (κ2) is 7.24. The molecule has 0 unspecified atom stereocenters. The highest BCUT2D eigenvalue weighted by molar-refractivity contribution is 7.17. The highest BCUT2D eigenvalue weighted by Crippen LogP contribution is 2.21. The molecule has 0 saturated carbocycles. The highest BCUT2D eigenvalue weighted by Gasteiger charge is 2.17. The number of nitrogens with zero attached hydrogens (tertiary/aromatic N) is 4. The Kier molecular flexibility index (Phi) is 4.62. The molecule has 0 bridgehead atoms. The molecule has 0 atom stereocenters. The van der Waals surface area contributed by atoms with Gasteiger partial charge in [0.15, 0.2) is 5.65 Å². The molecule has 142 valence electrons. The van der Waals surface area contributed by atoms with Gasteiger partial charge < -0.3 is 10.1 Å². The molecule has 10 heteroatoms. The molecule has 28 heavy (non-hydrogen) atoms. The molecule has 0 aliphatic rings. The summed E-state index contributed by atoms with van der Waals surface area (Å²) in [6.07, 6.45) is 1.39. The minimum atomic E-state index is -0.533. The number of thiophene rings is 1. The summed E-state index contributed by atoms with van der Waals surface area (Å²) in [5.74, 6) is -1.02. The Morgan fingerprint density at radius 3 is 2.89 bits per heavy atom.